The van der Waals surface area contributed by atoms with Crippen molar-refractivity contribution in [1.29, 1.82) is 0 Å². The summed E-state index contributed by atoms with van der Waals surface area (Å²) in [6.45, 7) is 4.52. The number of halogens is 1. The van der Waals surface area contributed by atoms with Gasteiger partial charge in [-0.05, 0) is 36.8 Å². The van der Waals surface area contributed by atoms with Crippen LogP contribution in [0.1, 0.15) is 12.0 Å². The van der Waals surface area contributed by atoms with Gasteiger partial charge in [-0.3, -0.25) is 9.59 Å². The van der Waals surface area contributed by atoms with Gasteiger partial charge in [0.1, 0.15) is 5.75 Å². The molecule has 1 heterocycles. The number of anilines is 1. The second-order valence-electron chi connectivity index (χ2n) is 6.87. The molecule has 3 rings (SSSR count). The SMILES string of the molecule is Cc1ccccc1OCCC(=O)OCC(=O)N1CCN(c2cccc(Cl)c2)CC1. The molecule has 2 aromatic rings. The molecule has 29 heavy (non-hydrogen) atoms. The lowest BCUT2D eigenvalue weighted by Crippen LogP contribution is -2.49. The Morgan fingerprint density at radius 1 is 1.03 bits per heavy atom. The maximum atomic E-state index is 12.3. The van der Waals surface area contributed by atoms with Crippen LogP contribution in [0.3, 0.4) is 0 Å². The Morgan fingerprint density at radius 2 is 1.79 bits per heavy atom. The number of piperazine rings is 1. The predicted octanol–water partition coefficient (Wildman–Crippen LogP) is 3.31. The zero-order valence-corrected chi connectivity index (χ0v) is 17.2. The monoisotopic (exact) mass is 416 g/mol. The lowest BCUT2D eigenvalue weighted by molar-refractivity contribution is -0.152. The molecular weight excluding hydrogens is 392 g/mol. The Balaban J connectivity index is 1.35. The fraction of sp³-hybridized carbons (Fsp3) is 0.364. The van der Waals surface area contributed by atoms with Crippen molar-refractivity contribution < 1.29 is 19.1 Å². The molecule has 154 valence electrons. The molecule has 0 aromatic heterocycles. The van der Waals surface area contributed by atoms with Crippen LogP contribution in [0.5, 0.6) is 5.75 Å². The number of ether oxygens (including phenoxy) is 2. The van der Waals surface area contributed by atoms with E-state index in [9.17, 15) is 9.59 Å². The standard InChI is InChI=1S/C22H25ClN2O4/c1-17-5-2-3-8-20(17)28-14-9-22(27)29-16-21(26)25-12-10-24(11-13-25)19-7-4-6-18(23)15-19/h2-8,15H,9-14,16H2,1H3. The second kappa shape index (κ2) is 10.2. The quantitative estimate of drug-likeness (QED) is 0.648. The normalized spacial score (nSPS) is 13.9. The van der Waals surface area contributed by atoms with Crippen LogP contribution in [0.2, 0.25) is 5.02 Å². The third-order valence-electron chi connectivity index (χ3n) is 4.82. The van der Waals surface area contributed by atoms with Crippen molar-refractivity contribution in [2.45, 2.75) is 13.3 Å². The number of rotatable bonds is 7. The molecule has 0 bridgehead atoms. The van der Waals surface area contributed by atoms with Crippen molar-refractivity contribution in [3.05, 3.63) is 59.1 Å². The Hall–Kier alpha value is -2.73. The van der Waals surface area contributed by atoms with Crippen LogP contribution in [0.25, 0.3) is 0 Å². The van der Waals surface area contributed by atoms with E-state index in [2.05, 4.69) is 4.90 Å². The van der Waals surface area contributed by atoms with Gasteiger partial charge in [0.25, 0.3) is 5.91 Å². The molecule has 0 radical (unpaired) electrons. The first-order valence-corrected chi connectivity index (χ1v) is 10.0. The molecule has 1 saturated heterocycles. The van der Waals surface area contributed by atoms with E-state index in [4.69, 9.17) is 21.1 Å². The van der Waals surface area contributed by atoms with Crippen LogP contribution >= 0.6 is 11.6 Å². The molecule has 0 spiro atoms. The van der Waals surface area contributed by atoms with Crippen LogP contribution < -0.4 is 9.64 Å². The number of para-hydroxylation sites is 1. The number of amides is 1. The fourth-order valence-electron chi connectivity index (χ4n) is 3.16. The lowest BCUT2D eigenvalue weighted by Gasteiger charge is -2.36. The summed E-state index contributed by atoms with van der Waals surface area (Å²) in [6.07, 6.45) is 0.101. The van der Waals surface area contributed by atoms with E-state index < -0.39 is 5.97 Å². The van der Waals surface area contributed by atoms with Gasteiger partial charge in [0.15, 0.2) is 6.61 Å². The van der Waals surface area contributed by atoms with Crippen molar-refractivity contribution in [3.8, 4) is 5.75 Å². The zero-order valence-electron chi connectivity index (χ0n) is 16.5. The van der Waals surface area contributed by atoms with Gasteiger partial charge < -0.3 is 19.3 Å². The molecule has 0 saturated carbocycles. The molecular formula is C22H25ClN2O4. The van der Waals surface area contributed by atoms with Crippen molar-refractivity contribution >= 4 is 29.2 Å². The summed E-state index contributed by atoms with van der Waals surface area (Å²) >= 11 is 6.04. The summed E-state index contributed by atoms with van der Waals surface area (Å²) in [5.74, 6) is 0.127. The number of hydrogen-bond acceptors (Lipinski definition) is 5. The van der Waals surface area contributed by atoms with E-state index in [0.717, 1.165) is 17.0 Å². The zero-order chi connectivity index (χ0) is 20.6. The molecule has 0 unspecified atom stereocenters. The minimum Gasteiger partial charge on any atom is -0.493 e. The van der Waals surface area contributed by atoms with E-state index in [1.807, 2.05) is 55.5 Å². The average molecular weight is 417 g/mol. The summed E-state index contributed by atoms with van der Waals surface area (Å²) in [7, 11) is 0. The first kappa shape index (κ1) is 21.0. The van der Waals surface area contributed by atoms with Gasteiger partial charge in [0.05, 0.1) is 13.0 Å². The Bertz CT molecular complexity index is 850. The third-order valence-corrected chi connectivity index (χ3v) is 5.05. The highest BCUT2D eigenvalue weighted by Gasteiger charge is 2.22. The average Bonchev–Trinajstić information content (AvgIpc) is 2.73. The topological polar surface area (TPSA) is 59.1 Å². The molecule has 0 N–H and O–H groups in total. The van der Waals surface area contributed by atoms with E-state index in [0.29, 0.717) is 31.2 Å². The summed E-state index contributed by atoms with van der Waals surface area (Å²) < 4.78 is 10.7. The Morgan fingerprint density at radius 3 is 2.52 bits per heavy atom. The highest BCUT2D eigenvalue weighted by molar-refractivity contribution is 6.30. The van der Waals surface area contributed by atoms with Crippen LogP contribution in [0.4, 0.5) is 5.69 Å². The summed E-state index contributed by atoms with van der Waals surface area (Å²) in [5.41, 5.74) is 2.05. The minimum absolute atomic E-state index is 0.101. The van der Waals surface area contributed by atoms with Crippen LogP contribution in [-0.2, 0) is 14.3 Å². The van der Waals surface area contributed by atoms with Crippen molar-refractivity contribution in [2.24, 2.45) is 0 Å². The van der Waals surface area contributed by atoms with E-state index >= 15 is 0 Å². The van der Waals surface area contributed by atoms with Gasteiger partial charge in [0.2, 0.25) is 0 Å². The van der Waals surface area contributed by atoms with Crippen LogP contribution in [-0.4, -0.2) is 56.2 Å². The number of carbonyl (C=O) groups excluding carboxylic acids is 2. The van der Waals surface area contributed by atoms with E-state index in [1.54, 1.807) is 4.90 Å². The maximum absolute atomic E-state index is 12.3. The van der Waals surface area contributed by atoms with Crippen molar-refractivity contribution in [2.75, 3.05) is 44.3 Å². The molecule has 1 aliphatic rings. The first-order chi connectivity index (χ1) is 14.0. The second-order valence-corrected chi connectivity index (χ2v) is 7.31. The van der Waals surface area contributed by atoms with Gasteiger partial charge in [-0.2, -0.15) is 0 Å². The Kier molecular flexibility index (Phi) is 7.36. The number of nitrogens with zero attached hydrogens (tertiary/aromatic N) is 2. The smallest absolute Gasteiger partial charge is 0.309 e. The van der Waals surface area contributed by atoms with E-state index in [1.165, 1.54) is 0 Å². The van der Waals surface area contributed by atoms with Gasteiger partial charge in [0, 0.05) is 36.9 Å². The van der Waals surface area contributed by atoms with Crippen molar-refractivity contribution in [3.63, 3.8) is 0 Å². The molecule has 1 aliphatic heterocycles. The molecule has 6 nitrogen and oxygen atoms in total. The van der Waals surface area contributed by atoms with Crippen molar-refractivity contribution in [1.82, 2.24) is 4.90 Å². The van der Waals surface area contributed by atoms with Gasteiger partial charge >= 0.3 is 5.97 Å². The van der Waals surface area contributed by atoms with Gasteiger partial charge in [-0.15, -0.1) is 0 Å². The molecule has 0 atom stereocenters. The highest BCUT2D eigenvalue weighted by Crippen LogP contribution is 2.21. The van der Waals surface area contributed by atoms with Gasteiger partial charge in [-0.25, -0.2) is 0 Å². The largest absolute Gasteiger partial charge is 0.493 e. The lowest BCUT2D eigenvalue weighted by atomic mass is 10.2. The number of aryl methyl sites for hydroxylation is 1. The number of esters is 1. The number of carbonyl (C=O) groups is 2. The Labute approximate surface area is 176 Å². The molecule has 0 aliphatic carbocycles. The molecule has 7 heteroatoms. The summed E-state index contributed by atoms with van der Waals surface area (Å²) in [5, 5.41) is 0.694. The third kappa shape index (κ3) is 6.12. The summed E-state index contributed by atoms with van der Waals surface area (Å²) in [4.78, 5) is 28.1. The fourth-order valence-corrected chi connectivity index (χ4v) is 3.34. The molecule has 1 fully saturated rings. The number of hydrogen-bond donors (Lipinski definition) is 0. The maximum Gasteiger partial charge on any atom is 0.309 e. The summed E-state index contributed by atoms with van der Waals surface area (Å²) in [6, 6.07) is 15.3. The minimum atomic E-state index is -0.440. The highest BCUT2D eigenvalue weighted by atomic mass is 35.5. The van der Waals surface area contributed by atoms with E-state index in [-0.39, 0.29) is 25.5 Å². The van der Waals surface area contributed by atoms with Crippen LogP contribution in [0, 0.1) is 6.92 Å². The number of benzene rings is 2. The molecule has 1 amide bonds. The first-order valence-electron chi connectivity index (χ1n) is 9.65. The van der Waals surface area contributed by atoms with Crippen LogP contribution in [0.15, 0.2) is 48.5 Å². The molecule has 2 aromatic carbocycles. The predicted molar refractivity (Wildman–Crippen MR) is 112 cm³/mol. The van der Waals surface area contributed by atoms with Gasteiger partial charge in [-0.1, -0.05) is 35.9 Å².